The van der Waals surface area contributed by atoms with E-state index >= 15 is 0 Å². The normalized spacial score (nSPS) is 12.4. The molecule has 0 unspecified atom stereocenters. The number of ketones is 1. The molecule has 0 amide bonds. The molecule has 1 heterocycles. The lowest BCUT2D eigenvalue weighted by molar-refractivity contribution is 0.0471. The number of ether oxygens (including phenoxy) is 4. The van der Waals surface area contributed by atoms with Crippen molar-refractivity contribution >= 4 is 23.5 Å². The van der Waals surface area contributed by atoms with Gasteiger partial charge < -0.3 is 18.9 Å². The highest BCUT2D eigenvalue weighted by atomic mass is 32.2. The van der Waals surface area contributed by atoms with Crippen LogP contribution < -0.4 is 14.2 Å². The molecule has 0 bridgehead atoms. The largest absolute Gasteiger partial charge is 0.496 e. The molecule has 136 valence electrons. The van der Waals surface area contributed by atoms with Gasteiger partial charge in [-0.2, -0.15) is 0 Å². The summed E-state index contributed by atoms with van der Waals surface area (Å²) in [6.07, 6.45) is 1.93. The topological polar surface area (TPSA) is 71.1 Å². The molecule has 0 spiro atoms. The molecular weight excluding hydrogens is 356 g/mol. The predicted octanol–water partition coefficient (Wildman–Crippen LogP) is 3.23. The highest BCUT2D eigenvalue weighted by molar-refractivity contribution is 7.98. The number of rotatable bonds is 6. The minimum Gasteiger partial charge on any atom is -0.496 e. The number of hydrogen-bond acceptors (Lipinski definition) is 7. The molecule has 0 N–H and O–H groups in total. The van der Waals surface area contributed by atoms with Crippen LogP contribution in [0.15, 0.2) is 41.3 Å². The van der Waals surface area contributed by atoms with Gasteiger partial charge >= 0.3 is 5.97 Å². The Hall–Kier alpha value is -2.67. The van der Waals surface area contributed by atoms with Crippen molar-refractivity contribution in [3.8, 4) is 17.2 Å². The number of hydrogen-bond donors (Lipinski definition) is 0. The molecule has 2 aromatic rings. The van der Waals surface area contributed by atoms with Gasteiger partial charge in [-0.05, 0) is 42.7 Å². The minimum atomic E-state index is -0.611. The maximum atomic E-state index is 12.3. The van der Waals surface area contributed by atoms with Gasteiger partial charge in [0.1, 0.15) is 24.5 Å². The lowest BCUT2D eigenvalue weighted by Gasteiger charge is -2.18. The number of thioether (sulfide) groups is 1. The molecule has 2 aromatic carbocycles. The summed E-state index contributed by atoms with van der Waals surface area (Å²) in [6, 6.07) is 10.1. The number of esters is 1. The second-order valence-electron chi connectivity index (χ2n) is 5.42. The van der Waals surface area contributed by atoms with E-state index in [9.17, 15) is 9.59 Å². The first-order chi connectivity index (χ1) is 12.6. The summed E-state index contributed by atoms with van der Waals surface area (Å²) in [5, 5.41) is 0. The Bertz CT molecular complexity index is 833. The van der Waals surface area contributed by atoms with Crippen LogP contribution in [-0.2, 0) is 4.74 Å². The second-order valence-corrected chi connectivity index (χ2v) is 6.30. The summed E-state index contributed by atoms with van der Waals surface area (Å²) >= 11 is 1.54. The third kappa shape index (κ3) is 3.94. The smallest absolute Gasteiger partial charge is 0.342 e. The Balaban J connectivity index is 1.67. The Kier molecular flexibility index (Phi) is 5.68. The molecule has 0 aromatic heterocycles. The summed E-state index contributed by atoms with van der Waals surface area (Å²) < 4.78 is 21.3. The van der Waals surface area contributed by atoms with Crippen molar-refractivity contribution in [2.45, 2.75) is 4.90 Å². The summed E-state index contributed by atoms with van der Waals surface area (Å²) in [7, 11) is 1.48. The molecule has 0 saturated carbocycles. The van der Waals surface area contributed by atoms with Gasteiger partial charge in [-0.15, -0.1) is 11.8 Å². The number of carbonyl (C=O) groups is 2. The number of Topliss-reactive ketones (excluding diaryl/α,β-unsaturated/α-hetero) is 1. The van der Waals surface area contributed by atoms with Crippen molar-refractivity contribution in [2.24, 2.45) is 0 Å². The first kappa shape index (κ1) is 18.1. The number of methoxy groups -OCH3 is 1. The Morgan fingerprint density at radius 3 is 2.58 bits per heavy atom. The summed E-state index contributed by atoms with van der Waals surface area (Å²) in [5.41, 5.74) is 0.673. The Morgan fingerprint density at radius 1 is 1.08 bits per heavy atom. The molecule has 6 nitrogen and oxygen atoms in total. The van der Waals surface area contributed by atoms with Gasteiger partial charge in [-0.1, -0.05) is 0 Å². The molecule has 1 aliphatic heterocycles. The van der Waals surface area contributed by atoms with E-state index in [4.69, 9.17) is 18.9 Å². The molecule has 1 aliphatic rings. The maximum absolute atomic E-state index is 12.3. The minimum absolute atomic E-state index is 0.278. The molecule has 0 radical (unpaired) electrons. The van der Waals surface area contributed by atoms with E-state index in [1.54, 1.807) is 36.4 Å². The standard InChI is InChI=1S/C19H18O6S/c1-22-17-10-13(26-2)4-5-14(17)19(21)25-11-15(20)12-3-6-16-18(9-12)24-8-7-23-16/h3-6,9-10H,7-8,11H2,1-2H3. The van der Waals surface area contributed by atoms with E-state index in [0.29, 0.717) is 36.0 Å². The van der Waals surface area contributed by atoms with Gasteiger partial charge in [0.2, 0.25) is 0 Å². The SMILES string of the molecule is COc1cc(SC)ccc1C(=O)OCC(=O)c1ccc2c(c1)OCCO2. The van der Waals surface area contributed by atoms with E-state index < -0.39 is 5.97 Å². The fourth-order valence-corrected chi connectivity index (χ4v) is 2.91. The van der Waals surface area contributed by atoms with E-state index in [2.05, 4.69) is 0 Å². The van der Waals surface area contributed by atoms with Crippen molar-refractivity contribution in [1.82, 2.24) is 0 Å². The van der Waals surface area contributed by atoms with Crippen LogP contribution in [0.5, 0.6) is 17.2 Å². The lowest BCUT2D eigenvalue weighted by atomic mass is 10.1. The first-order valence-electron chi connectivity index (χ1n) is 7.94. The summed E-state index contributed by atoms with van der Waals surface area (Å²) in [4.78, 5) is 25.6. The second kappa shape index (κ2) is 8.14. The molecule has 0 aliphatic carbocycles. The van der Waals surface area contributed by atoms with Crippen LogP contribution in [0.1, 0.15) is 20.7 Å². The molecule has 26 heavy (non-hydrogen) atoms. The van der Waals surface area contributed by atoms with Crippen molar-refractivity contribution in [3.63, 3.8) is 0 Å². The van der Waals surface area contributed by atoms with Crippen molar-refractivity contribution < 1.29 is 28.5 Å². The van der Waals surface area contributed by atoms with Gasteiger partial charge in [0.05, 0.1) is 7.11 Å². The number of benzene rings is 2. The molecule has 0 atom stereocenters. The fraction of sp³-hybridized carbons (Fsp3) is 0.263. The number of carbonyl (C=O) groups excluding carboxylic acids is 2. The van der Waals surface area contributed by atoms with E-state index in [0.717, 1.165) is 4.90 Å². The van der Waals surface area contributed by atoms with Gasteiger partial charge in [-0.25, -0.2) is 4.79 Å². The van der Waals surface area contributed by atoms with Crippen LogP contribution in [0.2, 0.25) is 0 Å². The average Bonchev–Trinajstić information content (AvgIpc) is 2.70. The van der Waals surface area contributed by atoms with E-state index in [-0.39, 0.29) is 18.0 Å². The van der Waals surface area contributed by atoms with E-state index in [1.165, 1.54) is 18.9 Å². The molecule has 0 saturated heterocycles. The third-order valence-corrected chi connectivity index (χ3v) is 4.55. The summed E-state index contributed by atoms with van der Waals surface area (Å²) in [6.45, 7) is 0.548. The first-order valence-corrected chi connectivity index (χ1v) is 9.17. The van der Waals surface area contributed by atoms with Gasteiger partial charge in [0, 0.05) is 10.5 Å². The molecule has 3 rings (SSSR count). The van der Waals surface area contributed by atoms with Crippen LogP contribution in [0.4, 0.5) is 0 Å². The maximum Gasteiger partial charge on any atom is 0.342 e. The monoisotopic (exact) mass is 374 g/mol. The zero-order valence-corrected chi connectivity index (χ0v) is 15.3. The highest BCUT2D eigenvalue weighted by Crippen LogP contribution is 2.31. The van der Waals surface area contributed by atoms with Crippen LogP contribution in [0.3, 0.4) is 0 Å². The molecular formula is C19H18O6S. The van der Waals surface area contributed by atoms with E-state index in [1.807, 2.05) is 6.26 Å². The average molecular weight is 374 g/mol. The van der Waals surface area contributed by atoms with Gasteiger partial charge in [0.25, 0.3) is 0 Å². The molecule has 0 fully saturated rings. The van der Waals surface area contributed by atoms with Crippen LogP contribution in [0.25, 0.3) is 0 Å². The Labute approximate surface area is 155 Å². The van der Waals surface area contributed by atoms with Crippen molar-refractivity contribution in [3.05, 3.63) is 47.5 Å². The quantitative estimate of drug-likeness (QED) is 0.437. The van der Waals surface area contributed by atoms with Crippen LogP contribution in [-0.4, -0.2) is 44.9 Å². The number of fused-ring (bicyclic) bond motifs is 1. The zero-order valence-electron chi connectivity index (χ0n) is 14.4. The zero-order chi connectivity index (χ0) is 18.5. The van der Waals surface area contributed by atoms with Crippen molar-refractivity contribution in [1.29, 1.82) is 0 Å². The Morgan fingerprint density at radius 2 is 1.85 bits per heavy atom. The lowest BCUT2D eigenvalue weighted by Crippen LogP contribution is -2.17. The van der Waals surface area contributed by atoms with Crippen LogP contribution >= 0.6 is 11.8 Å². The van der Waals surface area contributed by atoms with Gasteiger partial charge in [-0.3, -0.25) is 4.79 Å². The fourth-order valence-electron chi connectivity index (χ4n) is 2.48. The molecule has 7 heteroatoms. The summed E-state index contributed by atoms with van der Waals surface area (Å²) in [5.74, 6) is 0.593. The van der Waals surface area contributed by atoms with Gasteiger partial charge in [0.15, 0.2) is 23.9 Å². The van der Waals surface area contributed by atoms with Crippen molar-refractivity contribution in [2.75, 3.05) is 33.2 Å². The third-order valence-electron chi connectivity index (χ3n) is 3.83. The van der Waals surface area contributed by atoms with Crippen LogP contribution in [0, 0.1) is 0 Å². The predicted molar refractivity (Wildman–Crippen MR) is 96.8 cm³/mol. The highest BCUT2D eigenvalue weighted by Gasteiger charge is 2.18.